The van der Waals surface area contributed by atoms with E-state index in [4.69, 9.17) is 4.42 Å². The third kappa shape index (κ3) is 3.19. The summed E-state index contributed by atoms with van der Waals surface area (Å²) in [5, 5.41) is 2.98. The van der Waals surface area contributed by atoms with Crippen molar-refractivity contribution in [1.29, 1.82) is 0 Å². The highest BCUT2D eigenvalue weighted by Crippen LogP contribution is 2.30. The molecule has 0 unspecified atom stereocenters. The predicted octanol–water partition coefficient (Wildman–Crippen LogP) is 4.38. The molecule has 0 fully saturated rings. The Balaban J connectivity index is 1.60. The van der Waals surface area contributed by atoms with Crippen LogP contribution in [0.1, 0.15) is 11.1 Å². The molecule has 4 rings (SSSR count). The van der Waals surface area contributed by atoms with E-state index < -0.39 is 0 Å². The maximum Gasteiger partial charge on any atom is 0.229 e. The fourth-order valence-electron chi connectivity index (χ4n) is 2.86. The zero-order chi connectivity index (χ0) is 17.9. The average Bonchev–Trinajstić information content (AvgIpc) is 3.08. The number of nitrogens with one attached hydrogen (secondary N) is 1. The number of aromatic nitrogens is 2. The van der Waals surface area contributed by atoms with Crippen molar-refractivity contribution in [1.82, 2.24) is 9.97 Å². The van der Waals surface area contributed by atoms with Crippen LogP contribution in [0.25, 0.3) is 22.7 Å². The van der Waals surface area contributed by atoms with Crippen LogP contribution in [0.5, 0.6) is 0 Å². The number of anilines is 1. The summed E-state index contributed by atoms with van der Waals surface area (Å²) in [6, 6.07) is 19.0. The van der Waals surface area contributed by atoms with Crippen LogP contribution in [-0.4, -0.2) is 15.9 Å². The molecule has 1 amide bonds. The summed E-state index contributed by atoms with van der Waals surface area (Å²) in [6.45, 7) is 1.94. The van der Waals surface area contributed by atoms with Crippen molar-refractivity contribution in [3.05, 3.63) is 78.0 Å². The fourth-order valence-corrected chi connectivity index (χ4v) is 2.86. The normalized spacial score (nSPS) is 10.8. The first kappa shape index (κ1) is 16.0. The number of hydrogen-bond acceptors (Lipinski definition) is 4. The molecule has 5 heteroatoms. The SMILES string of the molecule is Cc1c(NC(=O)Cc2ccccc2)cccc1-c1nc2ncccc2o1. The Morgan fingerprint density at radius 2 is 1.88 bits per heavy atom. The van der Waals surface area contributed by atoms with Gasteiger partial charge >= 0.3 is 0 Å². The van der Waals surface area contributed by atoms with E-state index >= 15 is 0 Å². The van der Waals surface area contributed by atoms with Gasteiger partial charge in [-0.05, 0) is 42.3 Å². The van der Waals surface area contributed by atoms with Crippen LogP contribution in [-0.2, 0) is 11.2 Å². The van der Waals surface area contributed by atoms with Crippen molar-refractivity contribution >= 4 is 22.8 Å². The molecule has 2 heterocycles. The molecule has 0 aliphatic rings. The van der Waals surface area contributed by atoms with Gasteiger partial charge in [-0.25, -0.2) is 4.98 Å². The molecule has 0 radical (unpaired) electrons. The van der Waals surface area contributed by atoms with Gasteiger partial charge in [0.05, 0.1) is 6.42 Å². The van der Waals surface area contributed by atoms with Crippen LogP contribution < -0.4 is 5.32 Å². The van der Waals surface area contributed by atoms with Crippen LogP contribution in [0, 0.1) is 6.92 Å². The number of benzene rings is 2. The molecule has 26 heavy (non-hydrogen) atoms. The molecule has 0 bridgehead atoms. The monoisotopic (exact) mass is 343 g/mol. The van der Waals surface area contributed by atoms with Crippen LogP contribution in [0.4, 0.5) is 5.69 Å². The lowest BCUT2D eigenvalue weighted by molar-refractivity contribution is -0.115. The lowest BCUT2D eigenvalue weighted by Crippen LogP contribution is -2.15. The van der Waals surface area contributed by atoms with Crippen LogP contribution in [0.15, 0.2) is 71.3 Å². The Morgan fingerprint density at radius 3 is 2.69 bits per heavy atom. The van der Waals surface area contributed by atoms with Gasteiger partial charge in [0.15, 0.2) is 11.2 Å². The Morgan fingerprint density at radius 1 is 1.04 bits per heavy atom. The van der Waals surface area contributed by atoms with Gasteiger partial charge in [-0.1, -0.05) is 36.4 Å². The molecule has 5 nitrogen and oxygen atoms in total. The second-order valence-corrected chi connectivity index (χ2v) is 6.03. The molecule has 0 saturated carbocycles. The second kappa shape index (κ2) is 6.80. The van der Waals surface area contributed by atoms with Gasteiger partial charge in [-0.2, -0.15) is 4.98 Å². The fraction of sp³-hybridized carbons (Fsp3) is 0.0952. The minimum Gasteiger partial charge on any atom is -0.434 e. The Labute approximate surface area is 150 Å². The smallest absolute Gasteiger partial charge is 0.229 e. The molecule has 0 aliphatic heterocycles. The Bertz CT molecular complexity index is 1040. The number of hydrogen-bond donors (Lipinski definition) is 1. The Hall–Kier alpha value is -3.47. The summed E-state index contributed by atoms with van der Waals surface area (Å²) < 4.78 is 5.80. The van der Waals surface area contributed by atoms with Gasteiger partial charge in [0.2, 0.25) is 11.8 Å². The van der Waals surface area contributed by atoms with Gasteiger partial charge in [0.1, 0.15) is 0 Å². The lowest BCUT2D eigenvalue weighted by Gasteiger charge is -2.11. The molecular weight excluding hydrogens is 326 g/mol. The maximum atomic E-state index is 12.4. The van der Waals surface area contributed by atoms with Crippen molar-refractivity contribution < 1.29 is 9.21 Å². The topological polar surface area (TPSA) is 68.0 Å². The van der Waals surface area contributed by atoms with Crippen molar-refractivity contribution in [2.24, 2.45) is 0 Å². The summed E-state index contributed by atoms with van der Waals surface area (Å²) in [6.07, 6.45) is 2.01. The van der Waals surface area contributed by atoms with E-state index in [-0.39, 0.29) is 5.91 Å². The molecule has 128 valence electrons. The summed E-state index contributed by atoms with van der Waals surface area (Å²) >= 11 is 0. The first-order valence-electron chi connectivity index (χ1n) is 8.36. The number of carbonyl (C=O) groups excluding carboxylic acids is 1. The zero-order valence-corrected chi connectivity index (χ0v) is 14.3. The summed E-state index contributed by atoms with van der Waals surface area (Å²) in [5.41, 5.74) is 4.67. The lowest BCUT2D eigenvalue weighted by atomic mass is 10.1. The van der Waals surface area contributed by atoms with Gasteiger partial charge in [0.25, 0.3) is 0 Å². The highest BCUT2D eigenvalue weighted by atomic mass is 16.3. The summed E-state index contributed by atoms with van der Waals surface area (Å²) in [5.74, 6) is 0.436. The Kier molecular flexibility index (Phi) is 4.19. The van der Waals surface area contributed by atoms with E-state index in [1.165, 1.54) is 0 Å². The third-order valence-electron chi connectivity index (χ3n) is 4.21. The van der Waals surface area contributed by atoms with Gasteiger partial charge in [-0.15, -0.1) is 0 Å². The molecule has 4 aromatic rings. The van der Waals surface area contributed by atoms with E-state index in [1.807, 2.05) is 67.6 Å². The van der Waals surface area contributed by atoms with Crippen LogP contribution in [0.3, 0.4) is 0 Å². The van der Waals surface area contributed by atoms with Crippen molar-refractivity contribution in [2.75, 3.05) is 5.32 Å². The number of amides is 1. The van der Waals surface area contributed by atoms with Crippen LogP contribution in [0.2, 0.25) is 0 Å². The number of rotatable bonds is 4. The number of fused-ring (bicyclic) bond motifs is 1. The predicted molar refractivity (Wildman–Crippen MR) is 101 cm³/mol. The summed E-state index contributed by atoms with van der Waals surface area (Å²) in [7, 11) is 0. The number of nitrogens with zero attached hydrogens (tertiary/aromatic N) is 2. The molecule has 2 aromatic heterocycles. The van der Waals surface area contributed by atoms with E-state index in [2.05, 4.69) is 15.3 Å². The molecule has 0 aliphatic carbocycles. The molecule has 2 aromatic carbocycles. The molecule has 0 spiro atoms. The standard InChI is InChI=1S/C21H17N3O2/c1-14-16(21-24-20-18(26-21)11-6-12-22-20)9-5-10-17(14)23-19(25)13-15-7-3-2-4-8-15/h2-12H,13H2,1H3,(H,23,25). The summed E-state index contributed by atoms with van der Waals surface area (Å²) in [4.78, 5) is 21.0. The minimum absolute atomic E-state index is 0.0596. The van der Waals surface area contributed by atoms with Gasteiger partial charge < -0.3 is 9.73 Å². The molecule has 0 atom stereocenters. The third-order valence-corrected chi connectivity index (χ3v) is 4.21. The van der Waals surface area contributed by atoms with Gasteiger partial charge in [0, 0.05) is 17.4 Å². The van der Waals surface area contributed by atoms with Crippen LogP contribution >= 0.6 is 0 Å². The number of pyridine rings is 1. The number of oxazole rings is 1. The first-order chi connectivity index (χ1) is 12.7. The van der Waals surface area contributed by atoms with E-state index in [1.54, 1.807) is 6.20 Å². The van der Waals surface area contributed by atoms with Crippen molar-refractivity contribution in [3.8, 4) is 11.5 Å². The zero-order valence-electron chi connectivity index (χ0n) is 14.3. The maximum absolute atomic E-state index is 12.4. The molecule has 1 N–H and O–H groups in total. The van der Waals surface area contributed by atoms with Crippen molar-refractivity contribution in [3.63, 3.8) is 0 Å². The highest BCUT2D eigenvalue weighted by molar-refractivity contribution is 5.94. The highest BCUT2D eigenvalue weighted by Gasteiger charge is 2.14. The molecular formula is C21H17N3O2. The second-order valence-electron chi connectivity index (χ2n) is 6.03. The van der Waals surface area contributed by atoms with Crippen molar-refractivity contribution in [2.45, 2.75) is 13.3 Å². The molecule has 0 saturated heterocycles. The van der Waals surface area contributed by atoms with Gasteiger partial charge in [-0.3, -0.25) is 4.79 Å². The quantitative estimate of drug-likeness (QED) is 0.597. The van der Waals surface area contributed by atoms with E-state index in [0.29, 0.717) is 23.5 Å². The van der Waals surface area contributed by atoms with E-state index in [9.17, 15) is 4.79 Å². The number of carbonyl (C=O) groups is 1. The first-order valence-corrected chi connectivity index (χ1v) is 8.36. The van der Waals surface area contributed by atoms with E-state index in [0.717, 1.165) is 22.4 Å². The largest absolute Gasteiger partial charge is 0.434 e. The average molecular weight is 343 g/mol. The minimum atomic E-state index is -0.0596.